The zero-order chi connectivity index (χ0) is 14.2. The number of hydrogen-bond donors (Lipinski definition) is 1. The summed E-state index contributed by atoms with van der Waals surface area (Å²) in [6.45, 7) is 6.80. The highest BCUT2D eigenvalue weighted by atomic mass is 35.5. The van der Waals surface area contributed by atoms with E-state index in [0.717, 1.165) is 17.8 Å². The number of nitrogens with one attached hydrogen (secondary N) is 1. The summed E-state index contributed by atoms with van der Waals surface area (Å²) in [5.74, 6) is 0.317. The van der Waals surface area contributed by atoms with Gasteiger partial charge in [0.2, 0.25) is 5.91 Å². The van der Waals surface area contributed by atoms with Gasteiger partial charge in [0.15, 0.2) is 0 Å². The molecule has 0 radical (unpaired) electrons. The number of amides is 1. The van der Waals surface area contributed by atoms with Gasteiger partial charge in [-0.15, -0.1) is 0 Å². The Morgan fingerprint density at radius 3 is 2.53 bits per heavy atom. The fourth-order valence-corrected chi connectivity index (χ4v) is 2.62. The molecule has 0 fully saturated rings. The van der Waals surface area contributed by atoms with Gasteiger partial charge in [0.05, 0.1) is 21.4 Å². The molecule has 2 rings (SSSR count). The minimum Gasteiger partial charge on any atom is -0.372 e. The van der Waals surface area contributed by atoms with Crippen LogP contribution in [0.1, 0.15) is 27.2 Å². The molecule has 3 nitrogen and oxygen atoms in total. The molecule has 1 atom stereocenters. The van der Waals surface area contributed by atoms with Crippen LogP contribution in [0.4, 0.5) is 11.4 Å². The first kappa shape index (κ1) is 14.5. The molecule has 0 saturated heterocycles. The number of halogens is 2. The van der Waals surface area contributed by atoms with Gasteiger partial charge in [-0.25, -0.2) is 0 Å². The number of fused-ring (bicyclic) bond motifs is 1. The first-order valence-corrected chi connectivity index (χ1v) is 7.28. The van der Waals surface area contributed by atoms with E-state index in [9.17, 15) is 4.79 Å². The largest absolute Gasteiger partial charge is 0.372 e. The third-order valence-electron chi connectivity index (χ3n) is 3.29. The molecule has 1 unspecified atom stereocenters. The fourth-order valence-electron chi connectivity index (χ4n) is 2.30. The average Bonchev–Trinajstić information content (AvgIpc) is 2.35. The SMILES string of the molecule is CCCN1C(=O)C(C(C)C)Nc2cc(Cl)c(Cl)cc21. The summed E-state index contributed by atoms with van der Waals surface area (Å²) >= 11 is 12.1. The molecule has 1 aliphatic rings. The van der Waals surface area contributed by atoms with Crippen molar-refractivity contribution < 1.29 is 4.79 Å². The van der Waals surface area contributed by atoms with Crippen LogP contribution in [0.3, 0.4) is 0 Å². The van der Waals surface area contributed by atoms with Gasteiger partial charge in [-0.1, -0.05) is 44.0 Å². The zero-order valence-electron chi connectivity index (χ0n) is 11.3. The smallest absolute Gasteiger partial charge is 0.249 e. The molecule has 0 bridgehead atoms. The highest BCUT2D eigenvalue weighted by Gasteiger charge is 2.34. The van der Waals surface area contributed by atoms with Crippen molar-refractivity contribution >= 4 is 40.5 Å². The Morgan fingerprint density at radius 1 is 1.32 bits per heavy atom. The van der Waals surface area contributed by atoms with Crippen molar-refractivity contribution in [3.63, 3.8) is 0 Å². The Bertz CT molecular complexity index is 502. The van der Waals surface area contributed by atoms with Crippen molar-refractivity contribution in [3.05, 3.63) is 22.2 Å². The molecule has 1 amide bonds. The Hall–Kier alpha value is -0.930. The van der Waals surface area contributed by atoms with Crippen molar-refractivity contribution in [1.29, 1.82) is 0 Å². The van der Waals surface area contributed by atoms with Gasteiger partial charge in [0.25, 0.3) is 0 Å². The van der Waals surface area contributed by atoms with E-state index < -0.39 is 0 Å². The molecule has 1 heterocycles. The number of anilines is 2. The van der Waals surface area contributed by atoms with Gasteiger partial charge in [-0.3, -0.25) is 4.79 Å². The van der Waals surface area contributed by atoms with Crippen LogP contribution >= 0.6 is 23.2 Å². The van der Waals surface area contributed by atoms with Crippen molar-refractivity contribution in [3.8, 4) is 0 Å². The summed E-state index contributed by atoms with van der Waals surface area (Å²) in [5, 5.41) is 4.24. The van der Waals surface area contributed by atoms with Crippen molar-refractivity contribution in [2.45, 2.75) is 33.2 Å². The summed E-state index contributed by atoms with van der Waals surface area (Å²) in [5.41, 5.74) is 1.69. The third-order valence-corrected chi connectivity index (χ3v) is 4.01. The zero-order valence-corrected chi connectivity index (χ0v) is 12.8. The predicted molar refractivity (Wildman–Crippen MR) is 81.4 cm³/mol. The molecule has 104 valence electrons. The first-order valence-electron chi connectivity index (χ1n) is 6.52. The lowest BCUT2D eigenvalue weighted by Crippen LogP contribution is -2.49. The molecular formula is C14H18Cl2N2O. The van der Waals surface area contributed by atoms with Crippen molar-refractivity contribution in [2.24, 2.45) is 5.92 Å². The molecule has 0 aliphatic carbocycles. The monoisotopic (exact) mass is 300 g/mol. The summed E-state index contributed by atoms with van der Waals surface area (Å²) in [6.07, 6.45) is 0.899. The lowest BCUT2D eigenvalue weighted by atomic mass is 9.98. The van der Waals surface area contributed by atoms with Crippen LogP contribution in [-0.2, 0) is 4.79 Å². The minimum atomic E-state index is -0.212. The van der Waals surface area contributed by atoms with Gasteiger partial charge in [0, 0.05) is 6.54 Å². The standard InChI is InChI=1S/C14H18Cl2N2O/c1-4-5-18-12-7-10(16)9(15)6-11(12)17-13(8(2)3)14(18)19/h6-8,13,17H,4-5H2,1-3H3. The molecule has 0 spiro atoms. The normalized spacial score (nSPS) is 18.5. The molecule has 19 heavy (non-hydrogen) atoms. The quantitative estimate of drug-likeness (QED) is 0.908. The highest BCUT2D eigenvalue weighted by Crippen LogP contribution is 2.39. The molecule has 1 aromatic carbocycles. The van der Waals surface area contributed by atoms with E-state index >= 15 is 0 Å². The maximum atomic E-state index is 12.5. The number of nitrogens with zero attached hydrogens (tertiary/aromatic N) is 1. The van der Waals surface area contributed by atoms with E-state index in [2.05, 4.69) is 12.2 Å². The van der Waals surface area contributed by atoms with E-state index in [-0.39, 0.29) is 17.9 Å². The van der Waals surface area contributed by atoms with Crippen molar-refractivity contribution in [1.82, 2.24) is 0 Å². The summed E-state index contributed by atoms with van der Waals surface area (Å²) in [4.78, 5) is 14.3. The lowest BCUT2D eigenvalue weighted by Gasteiger charge is -2.37. The Balaban J connectivity index is 2.49. The van der Waals surface area contributed by atoms with Crippen LogP contribution in [0.25, 0.3) is 0 Å². The average molecular weight is 301 g/mol. The maximum Gasteiger partial charge on any atom is 0.249 e. The predicted octanol–water partition coefficient (Wildman–Crippen LogP) is 4.19. The summed E-state index contributed by atoms with van der Waals surface area (Å²) in [6, 6.07) is 3.34. The number of carbonyl (C=O) groups excluding carboxylic acids is 1. The van der Waals surface area contributed by atoms with Crippen LogP contribution in [-0.4, -0.2) is 18.5 Å². The second-order valence-electron chi connectivity index (χ2n) is 5.14. The van der Waals surface area contributed by atoms with E-state index in [1.165, 1.54) is 0 Å². The van der Waals surface area contributed by atoms with Crippen LogP contribution < -0.4 is 10.2 Å². The van der Waals surface area contributed by atoms with Crippen LogP contribution in [0.2, 0.25) is 10.0 Å². The van der Waals surface area contributed by atoms with E-state index in [1.807, 2.05) is 13.8 Å². The molecule has 5 heteroatoms. The number of rotatable bonds is 3. The van der Waals surface area contributed by atoms with Crippen LogP contribution in [0.15, 0.2) is 12.1 Å². The Labute approximate surface area is 123 Å². The molecule has 1 N–H and O–H groups in total. The number of carbonyl (C=O) groups is 1. The Kier molecular flexibility index (Phi) is 4.26. The van der Waals surface area contributed by atoms with Gasteiger partial charge in [-0.2, -0.15) is 0 Å². The van der Waals surface area contributed by atoms with Gasteiger partial charge >= 0.3 is 0 Å². The lowest BCUT2D eigenvalue weighted by molar-refractivity contribution is -0.120. The highest BCUT2D eigenvalue weighted by molar-refractivity contribution is 6.42. The van der Waals surface area contributed by atoms with Crippen LogP contribution in [0.5, 0.6) is 0 Å². The number of hydrogen-bond acceptors (Lipinski definition) is 2. The van der Waals surface area contributed by atoms with Crippen LogP contribution in [0, 0.1) is 5.92 Å². The van der Waals surface area contributed by atoms with E-state index in [1.54, 1.807) is 17.0 Å². The second-order valence-corrected chi connectivity index (χ2v) is 5.95. The minimum absolute atomic E-state index is 0.0998. The van der Waals surface area contributed by atoms with Crippen molar-refractivity contribution in [2.75, 3.05) is 16.8 Å². The van der Waals surface area contributed by atoms with E-state index in [4.69, 9.17) is 23.2 Å². The molecule has 1 aliphatic heterocycles. The number of benzene rings is 1. The first-order chi connectivity index (χ1) is 8.95. The Morgan fingerprint density at radius 2 is 1.95 bits per heavy atom. The fraction of sp³-hybridized carbons (Fsp3) is 0.500. The molecule has 1 aromatic rings. The van der Waals surface area contributed by atoms with Gasteiger partial charge < -0.3 is 10.2 Å². The molecular weight excluding hydrogens is 283 g/mol. The van der Waals surface area contributed by atoms with E-state index in [0.29, 0.717) is 16.6 Å². The maximum absolute atomic E-state index is 12.5. The summed E-state index contributed by atoms with van der Waals surface area (Å²) < 4.78 is 0. The summed E-state index contributed by atoms with van der Waals surface area (Å²) in [7, 11) is 0. The topological polar surface area (TPSA) is 32.3 Å². The third kappa shape index (κ3) is 2.67. The second kappa shape index (κ2) is 5.59. The molecule has 0 aromatic heterocycles. The molecule has 0 saturated carbocycles. The van der Waals surface area contributed by atoms with Gasteiger partial charge in [0.1, 0.15) is 6.04 Å². The van der Waals surface area contributed by atoms with Gasteiger partial charge in [-0.05, 0) is 24.5 Å².